The second-order valence-electron chi connectivity index (χ2n) is 7.79. The van der Waals surface area contributed by atoms with E-state index in [1.54, 1.807) is 6.20 Å². The molecule has 2 aromatic carbocycles. The Bertz CT molecular complexity index is 1170. The number of nitrogens with one attached hydrogen (secondary N) is 1. The highest BCUT2D eigenvalue weighted by Gasteiger charge is 2.32. The highest BCUT2D eigenvalue weighted by molar-refractivity contribution is 6.01. The van der Waals surface area contributed by atoms with Crippen molar-refractivity contribution in [2.45, 2.75) is 25.2 Å². The number of benzene rings is 2. The van der Waals surface area contributed by atoms with Gasteiger partial charge in [-0.15, -0.1) is 0 Å². The molecule has 0 radical (unpaired) electrons. The van der Waals surface area contributed by atoms with Gasteiger partial charge >= 0.3 is 0 Å². The van der Waals surface area contributed by atoms with Crippen LogP contribution in [0.4, 0.5) is 5.69 Å². The van der Waals surface area contributed by atoms with Gasteiger partial charge < -0.3 is 9.88 Å². The third kappa shape index (κ3) is 2.85. The van der Waals surface area contributed by atoms with Crippen LogP contribution in [0.25, 0.3) is 21.8 Å². The molecule has 1 aliphatic rings. The third-order valence-corrected chi connectivity index (χ3v) is 6.06. The number of carbonyl (C=O) groups excluding carboxylic acids is 1. The van der Waals surface area contributed by atoms with Gasteiger partial charge in [-0.2, -0.15) is 0 Å². The maximum Gasteiger partial charge on any atom is 0.227 e. The van der Waals surface area contributed by atoms with Gasteiger partial charge in [0.1, 0.15) is 0 Å². The van der Waals surface area contributed by atoms with E-state index in [9.17, 15) is 4.79 Å². The summed E-state index contributed by atoms with van der Waals surface area (Å²) in [5.41, 5.74) is 4.28. The maximum atomic E-state index is 13.0. The van der Waals surface area contributed by atoms with Crippen LogP contribution in [0.5, 0.6) is 0 Å². The topological polar surface area (TPSA) is 46.9 Å². The van der Waals surface area contributed by atoms with Gasteiger partial charge in [0.05, 0.1) is 11.2 Å². The molecule has 0 bridgehead atoms. The normalized spacial score (nSPS) is 19.3. The Morgan fingerprint density at radius 1 is 1.07 bits per heavy atom. The monoisotopic (exact) mass is 369 g/mol. The van der Waals surface area contributed by atoms with Gasteiger partial charge in [-0.1, -0.05) is 36.4 Å². The maximum absolute atomic E-state index is 13.0. The minimum Gasteiger partial charge on any atom is -0.350 e. The lowest BCUT2D eigenvalue weighted by Gasteiger charge is -2.13. The van der Waals surface area contributed by atoms with Crippen LogP contribution >= 0.6 is 0 Å². The molecule has 0 spiro atoms. The zero-order valence-electron chi connectivity index (χ0n) is 15.9. The fourth-order valence-electron chi connectivity index (χ4n) is 4.64. The van der Waals surface area contributed by atoms with Gasteiger partial charge in [-0.3, -0.25) is 9.78 Å². The lowest BCUT2D eigenvalue weighted by atomic mass is 9.95. The van der Waals surface area contributed by atoms with Crippen molar-refractivity contribution in [3.8, 4) is 0 Å². The van der Waals surface area contributed by atoms with E-state index in [1.165, 1.54) is 16.5 Å². The van der Waals surface area contributed by atoms with E-state index in [0.29, 0.717) is 5.92 Å². The van der Waals surface area contributed by atoms with Crippen LogP contribution in [-0.2, 0) is 11.8 Å². The molecule has 2 aromatic heterocycles. The third-order valence-electron chi connectivity index (χ3n) is 6.06. The average Bonchev–Trinajstić information content (AvgIpc) is 3.34. The molecule has 0 saturated heterocycles. The van der Waals surface area contributed by atoms with Crippen molar-refractivity contribution in [3.05, 3.63) is 72.6 Å². The Balaban J connectivity index is 1.36. The van der Waals surface area contributed by atoms with Crippen LogP contribution in [0.3, 0.4) is 0 Å². The zero-order chi connectivity index (χ0) is 19.1. The van der Waals surface area contributed by atoms with Crippen LogP contribution in [0, 0.1) is 5.92 Å². The van der Waals surface area contributed by atoms with Crippen LogP contribution < -0.4 is 5.32 Å². The summed E-state index contributed by atoms with van der Waals surface area (Å²) in [4.78, 5) is 17.4. The predicted octanol–water partition coefficient (Wildman–Crippen LogP) is 5.25. The Hall–Kier alpha value is -3.14. The van der Waals surface area contributed by atoms with Crippen molar-refractivity contribution < 1.29 is 4.79 Å². The van der Waals surface area contributed by atoms with E-state index in [2.05, 4.69) is 52.4 Å². The molecule has 140 valence electrons. The average molecular weight is 369 g/mol. The van der Waals surface area contributed by atoms with Gasteiger partial charge in [0.25, 0.3) is 0 Å². The molecule has 4 heteroatoms. The molecule has 0 aliphatic heterocycles. The fraction of sp³-hybridized carbons (Fsp3) is 0.250. The number of amides is 1. The highest BCUT2D eigenvalue weighted by atomic mass is 16.1. The van der Waals surface area contributed by atoms with Crippen molar-refractivity contribution in [3.63, 3.8) is 0 Å². The standard InChI is InChI=1S/C24H23N3O/c1-27-15-20(19-8-2-3-10-22(19)27)17-11-12-18(14-17)24(28)26-21-9-4-6-16-7-5-13-25-23(16)21/h2-10,13,15,17-18H,11-12,14H2,1H3,(H,26,28)/t17-,18-/m0/s1. The predicted molar refractivity (Wildman–Crippen MR) is 113 cm³/mol. The Morgan fingerprint density at radius 2 is 1.93 bits per heavy atom. The molecule has 5 rings (SSSR count). The Labute approximate surface area is 164 Å². The summed E-state index contributed by atoms with van der Waals surface area (Å²) >= 11 is 0. The number of aromatic nitrogens is 2. The summed E-state index contributed by atoms with van der Waals surface area (Å²) in [5.74, 6) is 0.594. The first-order chi connectivity index (χ1) is 13.7. The molecule has 1 amide bonds. The van der Waals surface area contributed by atoms with E-state index in [4.69, 9.17) is 0 Å². The molecular weight excluding hydrogens is 346 g/mol. The number of fused-ring (bicyclic) bond motifs is 2. The van der Waals surface area contributed by atoms with E-state index < -0.39 is 0 Å². The number of pyridine rings is 1. The van der Waals surface area contributed by atoms with Gasteiger partial charge in [0.2, 0.25) is 5.91 Å². The van der Waals surface area contributed by atoms with E-state index in [-0.39, 0.29) is 11.8 Å². The van der Waals surface area contributed by atoms with Gasteiger partial charge in [-0.05, 0) is 48.9 Å². The SMILES string of the molecule is Cn1cc([C@H]2CC[C@H](C(=O)Nc3cccc4cccnc34)C2)c2ccccc21. The molecule has 1 N–H and O–H groups in total. The molecule has 4 nitrogen and oxygen atoms in total. The quantitative estimate of drug-likeness (QED) is 0.536. The lowest BCUT2D eigenvalue weighted by molar-refractivity contribution is -0.119. The summed E-state index contributed by atoms with van der Waals surface area (Å²) in [6.45, 7) is 0. The highest BCUT2D eigenvalue weighted by Crippen LogP contribution is 2.42. The van der Waals surface area contributed by atoms with E-state index in [0.717, 1.165) is 35.9 Å². The van der Waals surface area contributed by atoms with Crippen molar-refractivity contribution in [1.29, 1.82) is 0 Å². The number of aryl methyl sites for hydroxylation is 1. The summed E-state index contributed by atoms with van der Waals surface area (Å²) < 4.78 is 2.19. The first kappa shape index (κ1) is 17.0. The second-order valence-corrected chi connectivity index (χ2v) is 7.79. The molecule has 1 saturated carbocycles. The Kier molecular flexibility index (Phi) is 4.12. The summed E-state index contributed by atoms with van der Waals surface area (Å²) in [7, 11) is 2.10. The largest absolute Gasteiger partial charge is 0.350 e. The van der Waals surface area contributed by atoms with Gasteiger partial charge in [-0.25, -0.2) is 0 Å². The van der Waals surface area contributed by atoms with Crippen LogP contribution in [-0.4, -0.2) is 15.5 Å². The first-order valence-electron chi connectivity index (χ1n) is 9.89. The number of nitrogens with zero attached hydrogens (tertiary/aromatic N) is 2. The van der Waals surface area contributed by atoms with Crippen molar-refractivity contribution in [2.24, 2.45) is 13.0 Å². The van der Waals surface area contributed by atoms with E-state index in [1.807, 2.05) is 30.3 Å². The molecule has 28 heavy (non-hydrogen) atoms. The summed E-state index contributed by atoms with van der Waals surface area (Å²) in [6, 6.07) is 18.4. The molecule has 2 heterocycles. The summed E-state index contributed by atoms with van der Waals surface area (Å²) in [5, 5.41) is 5.49. The number of carbonyl (C=O) groups is 1. The van der Waals surface area contributed by atoms with Crippen LogP contribution in [0.1, 0.15) is 30.7 Å². The first-order valence-corrected chi connectivity index (χ1v) is 9.89. The fourth-order valence-corrected chi connectivity index (χ4v) is 4.64. The molecule has 4 aromatic rings. The van der Waals surface area contributed by atoms with Crippen molar-refractivity contribution in [2.75, 3.05) is 5.32 Å². The zero-order valence-corrected chi connectivity index (χ0v) is 15.9. The summed E-state index contributed by atoms with van der Waals surface area (Å²) in [6.07, 6.45) is 6.89. The number of rotatable bonds is 3. The minimum atomic E-state index is 0.0444. The van der Waals surface area contributed by atoms with Crippen molar-refractivity contribution >= 4 is 33.4 Å². The second kappa shape index (κ2) is 6.79. The van der Waals surface area contributed by atoms with Crippen molar-refractivity contribution in [1.82, 2.24) is 9.55 Å². The molecule has 1 aliphatic carbocycles. The smallest absolute Gasteiger partial charge is 0.227 e. The molecule has 1 fully saturated rings. The molecular formula is C24H23N3O. The number of anilines is 1. The van der Waals surface area contributed by atoms with Crippen LogP contribution in [0.15, 0.2) is 67.0 Å². The molecule has 2 atom stereocenters. The van der Waals surface area contributed by atoms with Gasteiger partial charge in [0, 0.05) is 41.6 Å². The minimum absolute atomic E-state index is 0.0444. The van der Waals surface area contributed by atoms with Gasteiger partial charge in [0.15, 0.2) is 0 Å². The van der Waals surface area contributed by atoms with E-state index >= 15 is 0 Å². The Morgan fingerprint density at radius 3 is 2.86 bits per heavy atom. The number of hydrogen-bond acceptors (Lipinski definition) is 2. The van der Waals surface area contributed by atoms with Crippen LogP contribution in [0.2, 0.25) is 0 Å². The number of para-hydroxylation sites is 2. The lowest BCUT2D eigenvalue weighted by Crippen LogP contribution is -2.20. The molecule has 0 unspecified atom stereocenters. The number of hydrogen-bond donors (Lipinski definition) is 1.